The van der Waals surface area contributed by atoms with Crippen LogP contribution in [0.4, 0.5) is 5.69 Å². The van der Waals surface area contributed by atoms with E-state index in [9.17, 15) is 9.59 Å². The predicted molar refractivity (Wildman–Crippen MR) is 95.5 cm³/mol. The van der Waals surface area contributed by atoms with Crippen LogP contribution in [0.25, 0.3) is 0 Å². The van der Waals surface area contributed by atoms with Crippen LogP contribution in [0, 0.1) is 5.92 Å². The first kappa shape index (κ1) is 17.4. The highest BCUT2D eigenvalue weighted by atomic mass is 16.3. The summed E-state index contributed by atoms with van der Waals surface area (Å²) >= 11 is 0. The van der Waals surface area contributed by atoms with Gasteiger partial charge in [-0.1, -0.05) is 18.2 Å². The predicted octanol–water partition coefficient (Wildman–Crippen LogP) is 2.01. The second kappa shape index (κ2) is 8.60. The van der Waals surface area contributed by atoms with Crippen LogP contribution in [-0.4, -0.2) is 49.3 Å². The van der Waals surface area contributed by atoms with Gasteiger partial charge in [-0.15, -0.1) is 0 Å². The van der Waals surface area contributed by atoms with E-state index in [4.69, 9.17) is 4.42 Å². The SMILES string of the molecule is O=C(CC(CN1CCNCC1)C(=O)Nc1ccccc1)c1ccco1. The summed E-state index contributed by atoms with van der Waals surface area (Å²) in [6.07, 6.45) is 1.61. The average Bonchev–Trinajstić information content (AvgIpc) is 3.18. The highest BCUT2D eigenvalue weighted by Gasteiger charge is 2.26. The number of rotatable bonds is 7. The number of carbonyl (C=O) groups is 2. The minimum Gasteiger partial charge on any atom is -0.461 e. The van der Waals surface area contributed by atoms with E-state index in [0.29, 0.717) is 12.3 Å². The van der Waals surface area contributed by atoms with E-state index in [2.05, 4.69) is 15.5 Å². The molecule has 0 aliphatic carbocycles. The summed E-state index contributed by atoms with van der Waals surface area (Å²) in [6.45, 7) is 4.12. The molecule has 6 heteroatoms. The van der Waals surface area contributed by atoms with Gasteiger partial charge in [0.2, 0.25) is 5.91 Å². The number of hydrogen-bond donors (Lipinski definition) is 2. The second-order valence-electron chi connectivity index (χ2n) is 6.21. The van der Waals surface area contributed by atoms with Gasteiger partial charge in [0.1, 0.15) is 0 Å². The monoisotopic (exact) mass is 341 g/mol. The Kier molecular flexibility index (Phi) is 5.98. The summed E-state index contributed by atoms with van der Waals surface area (Å²) in [5, 5.41) is 6.21. The molecule has 6 nitrogen and oxygen atoms in total. The van der Waals surface area contributed by atoms with Crippen LogP contribution in [0.15, 0.2) is 53.1 Å². The van der Waals surface area contributed by atoms with E-state index < -0.39 is 5.92 Å². The van der Waals surface area contributed by atoms with Crippen molar-refractivity contribution in [3.63, 3.8) is 0 Å². The largest absolute Gasteiger partial charge is 0.461 e. The molecule has 0 spiro atoms. The maximum Gasteiger partial charge on any atom is 0.229 e. The normalized spacial score (nSPS) is 16.3. The minimum absolute atomic E-state index is 0.135. The zero-order valence-electron chi connectivity index (χ0n) is 14.1. The summed E-state index contributed by atoms with van der Waals surface area (Å²) < 4.78 is 5.18. The molecular formula is C19H23N3O3. The van der Waals surface area contributed by atoms with E-state index in [1.807, 2.05) is 30.3 Å². The van der Waals surface area contributed by atoms with Gasteiger partial charge in [0.25, 0.3) is 0 Å². The Morgan fingerprint density at radius 3 is 2.56 bits per heavy atom. The van der Waals surface area contributed by atoms with Crippen LogP contribution in [0.1, 0.15) is 17.0 Å². The maximum absolute atomic E-state index is 12.8. The highest BCUT2D eigenvalue weighted by Crippen LogP contribution is 2.16. The molecule has 0 bridgehead atoms. The fraction of sp³-hybridized carbons (Fsp3) is 0.368. The third-order valence-corrected chi connectivity index (χ3v) is 4.33. The van der Waals surface area contributed by atoms with E-state index in [-0.39, 0.29) is 18.1 Å². The Morgan fingerprint density at radius 1 is 1.12 bits per heavy atom. The Labute approximate surface area is 147 Å². The molecule has 0 saturated carbocycles. The number of benzene rings is 1. The molecule has 1 fully saturated rings. The van der Waals surface area contributed by atoms with Gasteiger partial charge >= 0.3 is 0 Å². The number of anilines is 1. The zero-order valence-corrected chi connectivity index (χ0v) is 14.1. The quantitative estimate of drug-likeness (QED) is 0.754. The molecule has 2 aromatic rings. The zero-order chi connectivity index (χ0) is 17.5. The smallest absolute Gasteiger partial charge is 0.229 e. The van der Waals surface area contributed by atoms with E-state index in [0.717, 1.165) is 31.9 Å². The van der Waals surface area contributed by atoms with Gasteiger partial charge in [0.05, 0.1) is 12.2 Å². The van der Waals surface area contributed by atoms with Gasteiger partial charge in [-0.3, -0.25) is 9.59 Å². The lowest BCUT2D eigenvalue weighted by Crippen LogP contribution is -2.47. The molecule has 2 N–H and O–H groups in total. The van der Waals surface area contributed by atoms with Crippen LogP contribution < -0.4 is 10.6 Å². The number of nitrogens with one attached hydrogen (secondary N) is 2. The lowest BCUT2D eigenvalue weighted by molar-refractivity contribution is -0.120. The fourth-order valence-electron chi connectivity index (χ4n) is 2.97. The first-order valence-electron chi connectivity index (χ1n) is 8.58. The van der Waals surface area contributed by atoms with E-state index >= 15 is 0 Å². The molecule has 0 radical (unpaired) electrons. The van der Waals surface area contributed by atoms with Crippen LogP contribution in [0.2, 0.25) is 0 Å². The summed E-state index contributed by atoms with van der Waals surface area (Å²) in [7, 11) is 0. The lowest BCUT2D eigenvalue weighted by Gasteiger charge is -2.30. The number of carbonyl (C=O) groups excluding carboxylic acids is 2. The Bertz CT molecular complexity index is 679. The number of piperazine rings is 1. The van der Waals surface area contributed by atoms with Crippen LogP contribution >= 0.6 is 0 Å². The standard InChI is InChI=1S/C19H23N3O3/c23-17(18-7-4-12-25-18)13-15(14-22-10-8-20-9-11-22)19(24)21-16-5-2-1-3-6-16/h1-7,12,15,20H,8-11,13-14H2,(H,21,24). The van der Waals surface area contributed by atoms with Crippen LogP contribution in [0.5, 0.6) is 0 Å². The number of Topliss-reactive ketones (excluding diaryl/α,β-unsaturated/α-hetero) is 1. The first-order chi connectivity index (χ1) is 12.2. The number of amides is 1. The van der Waals surface area contributed by atoms with Crippen molar-refractivity contribution in [3.8, 4) is 0 Å². The molecule has 2 heterocycles. The van der Waals surface area contributed by atoms with Gasteiger partial charge < -0.3 is 20.0 Å². The second-order valence-corrected chi connectivity index (χ2v) is 6.21. The third-order valence-electron chi connectivity index (χ3n) is 4.33. The van der Waals surface area contributed by atoms with Gasteiger partial charge in [0, 0.05) is 44.8 Å². The molecule has 1 amide bonds. The number of ketones is 1. The molecule has 132 valence electrons. The molecule has 25 heavy (non-hydrogen) atoms. The summed E-state index contributed by atoms with van der Waals surface area (Å²) in [5.74, 6) is -0.397. The van der Waals surface area contributed by atoms with E-state index in [1.165, 1.54) is 6.26 Å². The van der Waals surface area contributed by atoms with Crippen molar-refractivity contribution in [2.45, 2.75) is 6.42 Å². The number of furan rings is 1. The van der Waals surface area contributed by atoms with E-state index in [1.54, 1.807) is 12.1 Å². The molecule has 1 saturated heterocycles. The number of hydrogen-bond acceptors (Lipinski definition) is 5. The van der Waals surface area contributed by atoms with Gasteiger partial charge in [-0.25, -0.2) is 0 Å². The highest BCUT2D eigenvalue weighted by molar-refractivity contribution is 5.99. The average molecular weight is 341 g/mol. The Balaban J connectivity index is 1.68. The minimum atomic E-state index is -0.420. The third kappa shape index (κ3) is 5.01. The first-order valence-corrected chi connectivity index (χ1v) is 8.58. The van der Waals surface area contributed by atoms with Gasteiger partial charge in [0.15, 0.2) is 11.5 Å². The van der Waals surface area contributed by atoms with Crippen molar-refractivity contribution in [2.75, 3.05) is 38.0 Å². The number of para-hydroxylation sites is 1. The number of nitrogens with zero attached hydrogens (tertiary/aromatic N) is 1. The molecular weight excluding hydrogens is 318 g/mol. The molecule has 1 aliphatic rings. The Hall–Kier alpha value is -2.44. The van der Waals surface area contributed by atoms with Crippen LogP contribution in [-0.2, 0) is 4.79 Å². The van der Waals surface area contributed by atoms with Gasteiger partial charge in [-0.05, 0) is 24.3 Å². The molecule has 3 rings (SSSR count). The molecule has 1 aromatic carbocycles. The Morgan fingerprint density at radius 2 is 1.88 bits per heavy atom. The lowest BCUT2D eigenvalue weighted by atomic mass is 9.99. The molecule has 1 aromatic heterocycles. The summed E-state index contributed by atoms with van der Waals surface area (Å²) in [5.41, 5.74) is 0.739. The maximum atomic E-state index is 12.8. The van der Waals surface area contributed by atoms with Crippen LogP contribution in [0.3, 0.4) is 0 Å². The summed E-state index contributed by atoms with van der Waals surface area (Å²) in [4.78, 5) is 27.4. The van der Waals surface area contributed by atoms with Crippen molar-refractivity contribution in [3.05, 3.63) is 54.5 Å². The molecule has 1 aliphatic heterocycles. The van der Waals surface area contributed by atoms with Crippen molar-refractivity contribution in [1.82, 2.24) is 10.2 Å². The van der Waals surface area contributed by atoms with Gasteiger partial charge in [-0.2, -0.15) is 0 Å². The molecule has 1 unspecified atom stereocenters. The van der Waals surface area contributed by atoms with Crippen molar-refractivity contribution in [1.29, 1.82) is 0 Å². The van der Waals surface area contributed by atoms with Crippen molar-refractivity contribution < 1.29 is 14.0 Å². The summed E-state index contributed by atoms with van der Waals surface area (Å²) in [6, 6.07) is 12.6. The van der Waals surface area contributed by atoms with Crippen molar-refractivity contribution in [2.24, 2.45) is 5.92 Å². The van der Waals surface area contributed by atoms with Crippen molar-refractivity contribution >= 4 is 17.4 Å². The topological polar surface area (TPSA) is 74.6 Å². The fourth-order valence-corrected chi connectivity index (χ4v) is 2.97. The molecule has 1 atom stereocenters.